The Morgan fingerprint density at radius 3 is 2.41 bits per heavy atom. The molecule has 17 heavy (non-hydrogen) atoms. The fourth-order valence-corrected chi connectivity index (χ4v) is 1.25. The predicted octanol–water partition coefficient (Wildman–Crippen LogP) is 1.79. The maximum absolute atomic E-state index is 11.8. The lowest BCUT2D eigenvalue weighted by atomic mass is 10.1. The van der Waals surface area contributed by atoms with Crippen LogP contribution in [0.5, 0.6) is 0 Å². The zero-order valence-corrected chi connectivity index (χ0v) is 8.87. The van der Waals surface area contributed by atoms with Gasteiger partial charge in [0.2, 0.25) is 5.91 Å². The summed E-state index contributed by atoms with van der Waals surface area (Å²) in [5, 5.41) is 11.6. The molecule has 1 amide bonds. The van der Waals surface area contributed by atoms with Gasteiger partial charge in [-0.3, -0.25) is 4.79 Å². The van der Waals surface area contributed by atoms with E-state index in [-0.39, 0.29) is 6.54 Å². The number of alkyl halides is 3. The summed E-state index contributed by atoms with van der Waals surface area (Å²) in [5.41, 5.74) is 0.541. The minimum Gasteiger partial charge on any atom is -0.387 e. The van der Waals surface area contributed by atoms with E-state index >= 15 is 0 Å². The topological polar surface area (TPSA) is 49.3 Å². The van der Waals surface area contributed by atoms with Crippen LogP contribution in [0.1, 0.15) is 18.1 Å². The monoisotopic (exact) mass is 247 g/mol. The Balaban J connectivity index is 2.39. The van der Waals surface area contributed by atoms with E-state index in [1.54, 1.807) is 30.3 Å². The van der Waals surface area contributed by atoms with E-state index in [1.165, 1.54) is 0 Å². The molecule has 0 aromatic heterocycles. The molecule has 6 heteroatoms. The molecule has 0 aliphatic carbocycles. The van der Waals surface area contributed by atoms with E-state index in [0.29, 0.717) is 5.56 Å². The van der Waals surface area contributed by atoms with Crippen LogP contribution in [0.4, 0.5) is 13.2 Å². The van der Waals surface area contributed by atoms with Gasteiger partial charge in [-0.1, -0.05) is 30.3 Å². The van der Waals surface area contributed by atoms with Gasteiger partial charge in [-0.15, -0.1) is 0 Å². The molecule has 1 atom stereocenters. The number of hydrogen-bond donors (Lipinski definition) is 2. The van der Waals surface area contributed by atoms with Gasteiger partial charge in [0.1, 0.15) is 6.42 Å². The highest BCUT2D eigenvalue weighted by Crippen LogP contribution is 2.19. The van der Waals surface area contributed by atoms with Gasteiger partial charge in [0.05, 0.1) is 6.10 Å². The number of amides is 1. The maximum Gasteiger partial charge on any atom is 0.397 e. The molecule has 0 aliphatic heterocycles. The number of aliphatic hydroxyl groups is 1. The molecule has 0 aliphatic rings. The summed E-state index contributed by atoms with van der Waals surface area (Å²) in [4.78, 5) is 10.9. The van der Waals surface area contributed by atoms with Gasteiger partial charge in [0.25, 0.3) is 0 Å². The van der Waals surface area contributed by atoms with Crippen LogP contribution in [0.15, 0.2) is 30.3 Å². The van der Waals surface area contributed by atoms with Crippen LogP contribution in [0, 0.1) is 0 Å². The van der Waals surface area contributed by atoms with Gasteiger partial charge in [-0.2, -0.15) is 13.2 Å². The van der Waals surface area contributed by atoms with Gasteiger partial charge in [-0.25, -0.2) is 0 Å². The van der Waals surface area contributed by atoms with Gasteiger partial charge >= 0.3 is 6.18 Å². The molecule has 1 aromatic carbocycles. The number of hydrogen-bond acceptors (Lipinski definition) is 2. The van der Waals surface area contributed by atoms with Crippen LogP contribution in [0.25, 0.3) is 0 Å². The van der Waals surface area contributed by atoms with Crippen molar-refractivity contribution in [2.75, 3.05) is 6.54 Å². The van der Waals surface area contributed by atoms with Gasteiger partial charge in [0.15, 0.2) is 0 Å². The van der Waals surface area contributed by atoms with Crippen molar-refractivity contribution < 1.29 is 23.1 Å². The Labute approximate surface area is 96.3 Å². The van der Waals surface area contributed by atoms with Crippen LogP contribution in [0.3, 0.4) is 0 Å². The Morgan fingerprint density at radius 2 is 1.88 bits per heavy atom. The standard InChI is InChI=1S/C11H12F3NO2/c12-11(13,14)6-10(17)15-7-9(16)8-4-2-1-3-5-8/h1-5,9,16H,6-7H2,(H,15,17). The van der Waals surface area contributed by atoms with E-state index in [0.717, 1.165) is 0 Å². The van der Waals surface area contributed by atoms with E-state index in [4.69, 9.17) is 0 Å². The lowest BCUT2D eigenvalue weighted by Crippen LogP contribution is -2.31. The molecule has 0 saturated carbocycles. The number of nitrogens with one attached hydrogen (secondary N) is 1. The molecular weight excluding hydrogens is 235 g/mol. The van der Waals surface area contributed by atoms with E-state index < -0.39 is 24.6 Å². The quantitative estimate of drug-likeness (QED) is 0.852. The van der Waals surface area contributed by atoms with Gasteiger partial charge in [0, 0.05) is 6.54 Å². The lowest BCUT2D eigenvalue weighted by Gasteiger charge is -2.12. The summed E-state index contributed by atoms with van der Waals surface area (Å²) >= 11 is 0. The first-order chi connectivity index (χ1) is 7.88. The number of carbonyl (C=O) groups excluding carboxylic acids is 1. The smallest absolute Gasteiger partial charge is 0.387 e. The first kappa shape index (κ1) is 13.5. The van der Waals surface area contributed by atoms with E-state index in [9.17, 15) is 23.1 Å². The van der Waals surface area contributed by atoms with Crippen LogP contribution in [0.2, 0.25) is 0 Å². The first-order valence-electron chi connectivity index (χ1n) is 4.95. The summed E-state index contributed by atoms with van der Waals surface area (Å²) in [6.07, 6.45) is -7.07. The predicted molar refractivity (Wildman–Crippen MR) is 55.1 cm³/mol. The minimum atomic E-state index is -4.53. The fourth-order valence-electron chi connectivity index (χ4n) is 1.25. The first-order valence-corrected chi connectivity index (χ1v) is 4.95. The van der Waals surface area contributed by atoms with Crippen molar-refractivity contribution in [3.63, 3.8) is 0 Å². The Hall–Kier alpha value is -1.56. The highest BCUT2D eigenvalue weighted by atomic mass is 19.4. The summed E-state index contributed by atoms with van der Waals surface area (Å²) in [6.45, 7) is -0.237. The molecule has 0 bridgehead atoms. The largest absolute Gasteiger partial charge is 0.397 e. The molecule has 2 N–H and O–H groups in total. The number of halogens is 3. The van der Waals surface area contributed by atoms with Crippen molar-refractivity contribution in [1.29, 1.82) is 0 Å². The second-order valence-electron chi connectivity index (χ2n) is 3.52. The van der Waals surface area contributed by atoms with Crippen LogP contribution in [-0.4, -0.2) is 23.7 Å². The molecule has 3 nitrogen and oxygen atoms in total. The van der Waals surface area contributed by atoms with Gasteiger partial charge < -0.3 is 10.4 Å². The highest BCUT2D eigenvalue weighted by molar-refractivity contribution is 5.76. The van der Waals surface area contributed by atoms with Crippen LogP contribution >= 0.6 is 0 Å². The average molecular weight is 247 g/mol. The van der Waals surface area contributed by atoms with Crippen LogP contribution < -0.4 is 5.32 Å². The Kier molecular flexibility index (Phi) is 4.51. The second-order valence-corrected chi connectivity index (χ2v) is 3.52. The third kappa shape index (κ3) is 5.35. The molecule has 1 rings (SSSR count). The van der Waals surface area contributed by atoms with Crippen molar-refractivity contribution in [3.8, 4) is 0 Å². The lowest BCUT2D eigenvalue weighted by molar-refractivity contribution is -0.154. The zero-order chi connectivity index (χ0) is 12.9. The Bertz CT molecular complexity index is 365. The molecule has 1 aromatic rings. The average Bonchev–Trinajstić information content (AvgIpc) is 2.25. The van der Waals surface area contributed by atoms with Gasteiger partial charge in [-0.05, 0) is 5.56 Å². The fraction of sp³-hybridized carbons (Fsp3) is 0.364. The maximum atomic E-state index is 11.8. The SMILES string of the molecule is O=C(CC(F)(F)F)NCC(O)c1ccccc1. The molecule has 1 unspecified atom stereocenters. The zero-order valence-electron chi connectivity index (χ0n) is 8.87. The second kappa shape index (κ2) is 5.67. The van der Waals surface area contributed by atoms with Crippen LogP contribution in [-0.2, 0) is 4.79 Å². The summed E-state index contributed by atoms with van der Waals surface area (Å²) in [7, 11) is 0. The Morgan fingerprint density at radius 1 is 1.29 bits per heavy atom. The molecule has 0 radical (unpaired) electrons. The van der Waals surface area contributed by atoms with Crippen molar-refractivity contribution in [2.45, 2.75) is 18.7 Å². The number of aliphatic hydroxyl groups excluding tert-OH is 1. The number of rotatable bonds is 4. The number of carbonyl (C=O) groups is 1. The van der Waals surface area contributed by atoms with E-state index in [1.807, 2.05) is 5.32 Å². The van der Waals surface area contributed by atoms with Crippen molar-refractivity contribution in [1.82, 2.24) is 5.32 Å². The van der Waals surface area contributed by atoms with Crippen molar-refractivity contribution in [3.05, 3.63) is 35.9 Å². The summed E-state index contributed by atoms with van der Waals surface area (Å²) in [6, 6.07) is 8.38. The summed E-state index contributed by atoms with van der Waals surface area (Å²) in [5.74, 6) is -1.15. The molecule has 94 valence electrons. The third-order valence-corrected chi connectivity index (χ3v) is 2.04. The molecule has 0 heterocycles. The normalized spacial score (nSPS) is 13.2. The molecular formula is C11H12F3NO2. The highest BCUT2D eigenvalue weighted by Gasteiger charge is 2.31. The number of benzene rings is 1. The minimum absolute atomic E-state index is 0.237. The summed E-state index contributed by atoms with van der Waals surface area (Å²) < 4.78 is 35.5. The molecule has 0 fully saturated rings. The molecule has 0 spiro atoms. The third-order valence-electron chi connectivity index (χ3n) is 2.04. The van der Waals surface area contributed by atoms with Crippen molar-refractivity contribution >= 4 is 5.91 Å². The van der Waals surface area contributed by atoms with Crippen molar-refractivity contribution in [2.24, 2.45) is 0 Å². The van der Waals surface area contributed by atoms with E-state index in [2.05, 4.69) is 0 Å². The molecule has 0 saturated heterocycles.